The smallest absolute Gasteiger partial charge is 0.225 e. The van der Waals surface area contributed by atoms with Crippen LogP contribution >= 0.6 is 23.2 Å². The SMILES string of the molecule is CCC(=O)N1CCC(C(=O)N2CC([C@H](C)Oc3ccc(C#N)cn3)[C@@H](c3ccc(Cl)c(Cl)c3)C2)CC1. The quantitative estimate of drug-likeness (QED) is 0.531. The highest BCUT2D eigenvalue weighted by Gasteiger charge is 2.42. The molecule has 7 nitrogen and oxygen atoms in total. The molecule has 2 amide bonds. The Kier molecular flexibility index (Phi) is 8.38. The van der Waals surface area contributed by atoms with E-state index in [2.05, 4.69) is 11.1 Å². The van der Waals surface area contributed by atoms with Crippen LogP contribution < -0.4 is 4.74 Å². The van der Waals surface area contributed by atoms with Gasteiger partial charge in [0.05, 0.1) is 15.6 Å². The molecule has 2 aliphatic rings. The van der Waals surface area contributed by atoms with Crippen LogP contribution in [0, 0.1) is 23.2 Å². The summed E-state index contributed by atoms with van der Waals surface area (Å²) in [6.45, 7) is 6.21. The molecule has 1 aromatic heterocycles. The summed E-state index contributed by atoms with van der Waals surface area (Å²) < 4.78 is 6.17. The predicted octanol–water partition coefficient (Wildman–Crippen LogP) is 4.92. The van der Waals surface area contributed by atoms with Crippen molar-refractivity contribution in [3.05, 3.63) is 57.7 Å². The Morgan fingerprint density at radius 1 is 1.14 bits per heavy atom. The molecule has 3 heterocycles. The van der Waals surface area contributed by atoms with Crippen molar-refractivity contribution in [2.24, 2.45) is 11.8 Å². The van der Waals surface area contributed by atoms with Crippen molar-refractivity contribution in [3.8, 4) is 11.9 Å². The predicted molar refractivity (Wildman–Crippen MR) is 138 cm³/mol. The molecule has 0 N–H and O–H groups in total. The number of ether oxygens (including phenoxy) is 1. The molecule has 9 heteroatoms. The Bertz CT molecular complexity index is 1140. The zero-order valence-electron chi connectivity index (χ0n) is 20.5. The van der Waals surface area contributed by atoms with Crippen molar-refractivity contribution in [2.75, 3.05) is 26.2 Å². The molecule has 0 spiro atoms. The average molecular weight is 529 g/mol. The maximum absolute atomic E-state index is 13.5. The highest BCUT2D eigenvalue weighted by molar-refractivity contribution is 6.42. The number of benzene rings is 1. The zero-order chi connectivity index (χ0) is 25.8. The summed E-state index contributed by atoms with van der Waals surface area (Å²) in [4.78, 5) is 33.6. The minimum Gasteiger partial charge on any atom is -0.474 e. The molecule has 0 aliphatic carbocycles. The largest absolute Gasteiger partial charge is 0.474 e. The van der Waals surface area contributed by atoms with E-state index in [9.17, 15) is 9.59 Å². The van der Waals surface area contributed by atoms with Gasteiger partial charge in [-0.05, 0) is 43.5 Å². The third-order valence-corrected chi connectivity index (χ3v) is 8.06. The van der Waals surface area contributed by atoms with Crippen LogP contribution in [0.15, 0.2) is 36.5 Å². The van der Waals surface area contributed by atoms with Crippen molar-refractivity contribution in [1.82, 2.24) is 14.8 Å². The highest BCUT2D eigenvalue weighted by atomic mass is 35.5. The molecule has 36 heavy (non-hydrogen) atoms. The van der Waals surface area contributed by atoms with E-state index >= 15 is 0 Å². The van der Waals surface area contributed by atoms with Crippen LogP contribution in [-0.2, 0) is 9.59 Å². The minimum absolute atomic E-state index is 0.00499. The number of hydrogen-bond acceptors (Lipinski definition) is 5. The van der Waals surface area contributed by atoms with E-state index < -0.39 is 0 Å². The number of nitrogens with zero attached hydrogens (tertiary/aromatic N) is 4. The number of amides is 2. The molecule has 0 radical (unpaired) electrons. The molecule has 190 valence electrons. The van der Waals surface area contributed by atoms with Crippen LogP contribution in [-0.4, -0.2) is 58.9 Å². The molecule has 1 aromatic carbocycles. The first kappa shape index (κ1) is 26.2. The van der Waals surface area contributed by atoms with Gasteiger partial charge in [-0.25, -0.2) is 4.98 Å². The van der Waals surface area contributed by atoms with Crippen LogP contribution in [0.3, 0.4) is 0 Å². The van der Waals surface area contributed by atoms with E-state index in [-0.39, 0.29) is 35.7 Å². The molecule has 2 aliphatic heterocycles. The van der Waals surface area contributed by atoms with Crippen LogP contribution in [0.5, 0.6) is 5.88 Å². The fourth-order valence-electron chi connectivity index (χ4n) is 5.23. The molecular weight excluding hydrogens is 499 g/mol. The second kappa shape index (κ2) is 11.5. The van der Waals surface area contributed by atoms with Gasteiger partial charge in [-0.15, -0.1) is 0 Å². The molecular formula is C27H30Cl2N4O3. The number of halogens is 2. The lowest BCUT2D eigenvalue weighted by molar-refractivity contribution is -0.140. The van der Waals surface area contributed by atoms with Gasteiger partial charge in [0.25, 0.3) is 0 Å². The minimum atomic E-state index is -0.244. The maximum atomic E-state index is 13.5. The Labute approximate surface area is 221 Å². The number of rotatable bonds is 6. The van der Waals surface area contributed by atoms with Crippen molar-refractivity contribution in [2.45, 2.75) is 45.1 Å². The average Bonchev–Trinajstić information content (AvgIpc) is 3.35. The Morgan fingerprint density at radius 3 is 2.50 bits per heavy atom. The number of likely N-dealkylation sites (tertiary alicyclic amines) is 2. The lowest BCUT2D eigenvalue weighted by Crippen LogP contribution is -2.44. The topological polar surface area (TPSA) is 86.5 Å². The van der Waals surface area contributed by atoms with E-state index in [1.54, 1.807) is 18.2 Å². The number of carbonyl (C=O) groups excluding carboxylic acids is 2. The summed E-state index contributed by atoms with van der Waals surface area (Å²) in [5.41, 5.74) is 1.48. The van der Waals surface area contributed by atoms with Crippen molar-refractivity contribution < 1.29 is 14.3 Å². The number of hydrogen-bond donors (Lipinski definition) is 0. The zero-order valence-corrected chi connectivity index (χ0v) is 22.0. The molecule has 2 fully saturated rings. The molecule has 3 atom stereocenters. The van der Waals surface area contributed by atoms with Gasteiger partial charge in [0.2, 0.25) is 17.7 Å². The van der Waals surface area contributed by atoms with Gasteiger partial charge in [-0.2, -0.15) is 5.26 Å². The Balaban J connectivity index is 1.51. The van der Waals surface area contributed by atoms with E-state index in [4.69, 9.17) is 33.2 Å². The van der Waals surface area contributed by atoms with Gasteiger partial charge in [0.1, 0.15) is 12.2 Å². The number of aromatic nitrogens is 1. The number of carbonyl (C=O) groups is 2. The summed E-state index contributed by atoms with van der Waals surface area (Å²) in [5.74, 6) is 0.644. The van der Waals surface area contributed by atoms with E-state index in [1.807, 2.05) is 35.8 Å². The fourth-order valence-corrected chi connectivity index (χ4v) is 5.54. The summed E-state index contributed by atoms with van der Waals surface area (Å²) in [6.07, 6.45) is 3.10. The Hall–Kier alpha value is -2.82. The third kappa shape index (κ3) is 5.77. The molecule has 1 unspecified atom stereocenters. The second-order valence-electron chi connectivity index (χ2n) is 9.52. The van der Waals surface area contributed by atoms with Gasteiger partial charge < -0.3 is 14.5 Å². The number of nitriles is 1. The molecule has 0 saturated carbocycles. The number of piperidine rings is 1. The monoisotopic (exact) mass is 528 g/mol. The first-order valence-electron chi connectivity index (χ1n) is 12.3. The molecule has 2 aromatic rings. The lowest BCUT2D eigenvalue weighted by Gasteiger charge is -2.33. The molecule has 4 rings (SSSR count). The molecule has 0 bridgehead atoms. The third-order valence-electron chi connectivity index (χ3n) is 7.32. The van der Waals surface area contributed by atoms with Crippen LogP contribution in [0.25, 0.3) is 0 Å². The normalized spacial score (nSPS) is 21.2. The van der Waals surface area contributed by atoms with Gasteiger partial charge in [-0.1, -0.05) is 36.2 Å². The molecule has 2 saturated heterocycles. The van der Waals surface area contributed by atoms with E-state index in [0.717, 1.165) is 5.56 Å². The fraction of sp³-hybridized carbons (Fsp3) is 0.481. The van der Waals surface area contributed by atoms with Crippen LogP contribution in [0.1, 0.15) is 50.2 Å². The van der Waals surface area contributed by atoms with Gasteiger partial charge in [0, 0.05) is 62.6 Å². The first-order chi connectivity index (χ1) is 17.3. The van der Waals surface area contributed by atoms with Crippen molar-refractivity contribution in [1.29, 1.82) is 5.26 Å². The highest BCUT2D eigenvalue weighted by Crippen LogP contribution is 2.39. The van der Waals surface area contributed by atoms with E-state index in [0.29, 0.717) is 66.9 Å². The van der Waals surface area contributed by atoms with Crippen molar-refractivity contribution >= 4 is 35.0 Å². The standard InChI is InChI=1S/C27H30Cl2N4O3/c1-3-26(34)32-10-8-19(9-11-32)27(35)33-15-21(17(2)36-25-7-4-18(13-30)14-31-25)22(16-33)20-5-6-23(28)24(29)12-20/h4-7,12,14,17,19,21-22H,3,8-11,15-16H2,1-2H3/t17-,21?,22+/m0/s1. The summed E-state index contributed by atoms with van der Waals surface area (Å²) in [5, 5.41) is 9.99. The maximum Gasteiger partial charge on any atom is 0.225 e. The van der Waals surface area contributed by atoms with Crippen molar-refractivity contribution in [3.63, 3.8) is 0 Å². The lowest BCUT2D eigenvalue weighted by atomic mass is 9.86. The summed E-state index contributed by atoms with van der Waals surface area (Å²) in [6, 6.07) is 11.0. The Morgan fingerprint density at radius 2 is 1.89 bits per heavy atom. The van der Waals surface area contributed by atoms with E-state index in [1.165, 1.54) is 6.20 Å². The number of pyridine rings is 1. The van der Waals surface area contributed by atoms with Gasteiger partial charge >= 0.3 is 0 Å². The van der Waals surface area contributed by atoms with Gasteiger partial charge in [-0.3, -0.25) is 9.59 Å². The van der Waals surface area contributed by atoms with Crippen LogP contribution in [0.2, 0.25) is 10.0 Å². The second-order valence-corrected chi connectivity index (χ2v) is 10.3. The van der Waals surface area contributed by atoms with Crippen LogP contribution in [0.4, 0.5) is 0 Å². The summed E-state index contributed by atoms with van der Waals surface area (Å²) >= 11 is 12.5. The van der Waals surface area contributed by atoms with Gasteiger partial charge in [0.15, 0.2) is 0 Å². The summed E-state index contributed by atoms with van der Waals surface area (Å²) in [7, 11) is 0. The first-order valence-corrected chi connectivity index (χ1v) is 13.1.